The molecule has 1 fully saturated rings. The van der Waals surface area contributed by atoms with Crippen molar-refractivity contribution in [3.8, 4) is 0 Å². The Morgan fingerprint density at radius 2 is 2.26 bits per heavy atom. The minimum atomic E-state index is 0.688. The van der Waals surface area contributed by atoms with Crippen molar-refractivity contribution in [2.75, 3.05) is 19.6 Å². The molecule has 1 unspecified atom stereocenters. The van der Waals surface area contributed by atoms with Gasteiger partial charge in [0.25, 0.3) is 0 Å². The maximum atomic E-state index is 4.27. The van der Waals surface area contributed by atoms with Crippen LogP contribution in [0.25, 0.3) is 0 Å². The topological polar surface area (TPSA) is 33.1 Å². The minimum absolute atomic E-state index is 0.688. The van der Waals surface area contributed by atoms with E-state index < -0.39 is 0 Å². The van der Waals surface area contributed by atoms with Gasteiger partial charge in [0.2, 0.25) is 0 Å². The van der Waals surface area contributed by atoms with Gasteiger partial charge in [-0.05, 0) is 31.8 Å². The van der Waals surface area contributed by atoms with Crippen molar-refractivity contribution in [3.63, 3.8) is 0 Å². The van der Waals surface area contributed by atoms with Gasteiger partial charge in [-0.25, -0.2) is 0 Å². The lowest BCUT2D eigenvalue weighted by molar-refractivity contribution is 0.137. The first-order valence-corrected chi connectivity index (χ1v) is 7.57. The highest BCUT2D eigenvalue weighted by Crippen LogP contribution is 2.19. The summed E-state index contributed by atoms with van der Waals surface area (Å²) >= 11 is 0. The SMILES string of the molecule is CC(C)CNCC1CCCCN1Cc1cnn(C)c1. The second kappa shape index (κ2) is 7.06. The fourth-order valence-electron chi connectivity index (χ4n) is 2.83. The second-order valence-corrected chi connectivity index (χ2v) is 6.19. The van der Waals surface area contributed by atoms with Crippen molar-refractivity contribution in [1.82, 2.24) is 20.0 Å². The molecule has 0 bridgehead atoms. The molecule has 1 atom stereocenters. The Bertz CT molecular complexity index is 372. The van der Waals surface area contributed by atoms with Crippen LogP contribution in [0.3, 0.4) is 0 Å². The van der Waals surface area contributed by atoms with Crippen molar-refractivity contribution in [1.29, 1.82) is 0 Å². The van der Waals surface area contributed by atoms with Gasteiger partial charge in [-0.2, -0.15) is 5.10 Å². The highest BCUT2D eigenvalue weighted by molar-refractivity contribution is 5.04. The van der Waals surface area contributed by atoms with E-state index >= 15 is 0 Å². The number of hydrogen-bond acceptors (Lipinski definition) is 3. The molecule has 0 aromatic carbocycles. The van der Waals surface area contributed by atoms with E-state index in [1.54, 1.807) is 0 Å². The zero-order valence-corrected chi connectivity index (χ0v) is 12.6. The molecule has 1 aromatic heterocycles. The fourth-order valence-corrected chi connectivity index (χ4v) is 2.83. The van der Waals surface area contributed by atoms with Gasteiger partial charge in [0.1, 0.15) is 0 Å². The van der Waals surface area contributed by atoms with E-state index in [4.69, 9.17) is 0 Å². The summed E-state index contributed by atoms with van der Waals surface area (Å²) in [7, 11) is 1.99. The van der Waals surface area contributed by atoms with Crippen LogP contribution in [0.4, 0.5) is 0 Å². The van der Waals surface area contributed by atoms with Gasteiger partial charge in [0.15, 0.2) is 0 Å². The third kappa shape index (κ3) is 4.62. The number of likely N-dealkylation sites (tertiary alicyclic amines) is 1. The van der Waals surface area contributed by atoms with Gasteiger partial charge in [-0.15, -0.1) is 0 Å². The van der Waals surface area contributed by atoms with E-state index in [9.17, 15) is 0 Å². The summed E-state index contributed by atoms with van der Waals surface area (Å²) in [4.78, 5) is 2.62. The standard InChI is InChI=1S/C15H28N4/c1-13(2)8-16-10-15-6-4-5-7-19(15)12-14-9-17-18(3)11-14/h9,11,13,15-16H,4-8,10,12H2,1-3H3. The zero-order valence-electron chi connectivity index (χ0n) is 12.6. The van der Waals surface area contributed by atoms with E-state index in [2.05, 4.69) is 35.4 Å². The van der Waals surface area contributed by atoms with Crippen LogP contribution in [-0.2, 0) is 13.6 Å². The largest absolute Gasteiger partial charge is 0.315 e. The molecule has 0 spiro atoms. The van der Waals surface area contributed by atoms with Crippen molar-refractivity contribution < 1.29 is 0 Å². The van der Waals surface area contributed by atoms with Gasteiger partial charge in [-0.1, -0.05) is 20.3 Å². The van der Waals surface area contributed by atoms with Gasteiger partial charge >= 0.3 is 0 Å². The first-order chi connectivity index (χ1) is 9.15. The van der Waals surface area contributed by atoms with Crippen molar-refractivity contribution in [2.45, 2.75) is 45.7 Å². The molecule has 0 amide bonds. The third-order valence-corrected chi connectivity index (χ3v) is 3.83. The molecule has 0 aliphatic carbocycles. The molecule has 0 saturated carbocycles. The number of piperidine rings is 1. The smallest absolute Gasteiger partial charge is 0.0534 e. The lowest BCUT2D eigenvalue weighted by atomic mass is 10.0. The Hall–Kier alpha value is -0.870. The molecular formula is C15H28N4. The quantitative estimate of drug-likeness (QED) is 0.853. The van der Waals surface area contributed by atoms with E-state index in [1.165, 1.54) is 31.4 Å². The number of rotatable bonds is 6. The molecule has 1 aromatic rings. The molecule has 1 N–H and O–H groups in total. The summed E-state index contributed by atoms with van der Waals surface area (Å²) < 4.78 is 1.89. The van der Waals surface area contributed by atoms with E-state index in [0.717, 1.165) is 25.6 Å². The van der Waals surface area contributed by atoms with Gasteiger partial charge in [-0.3, -0.25) is 9.58 Å². The van der Waals surface area contributed by atoms with Crippen molar-refractivity contribution >= 4 is 0 Å². The Balaban J connectivity index is 1.84. The van der Waals surface area contributed by atoms with Crippen LogP contribution in [0, 0.1) is 5.92 Å². The van der Waals surface area contributed by atoms with E-state index in [-0.39, 0.29) is 0 Å². The Labute approximate surface area is 117 Å². The van der Waals surface area contributed by atoms with Gasteiger partial charge < -0.3 is 5.32 Å². The zero-order chi connectivity index (χ0) is 13.7. The predicted octanol–water partition coefficient (Wildman–Crippen LogP) is 2.02. The van der Waals surface area contributed by atoms with Crippen LogP contribution in [0.1, 0.15) is 38.7 Å². The van der Waals surface area contributed by atoms with Crippen molar-refractivity contribution in [3.05, 3.63) is 18.0 Å². The van der Waals surface area contributed by atoms with E-state index in [0.29, 0.717) is 6.04 Å². The molecule has 108 valence electrons. The predicted molar refractivity (Wildman–Crippen MR) is 79.0 cm³/mol. The van der Waals surface area contributed by atoms with Crippen LogP contribution in [0.5, 0.6) is 0 Å². The molecule has 2 heterocycles. The van der Waals surface area contributed by atoms with Crippen LogP contribution in [0.2, 0.25) is 0 Å². The number of aryl methyl sites for hydroxylation is 1. The molecule has 1 saturated heterocycles. The Morgan fingerprint density at radius 3 is 2.95 bits per heavy atom. The molecule has 4 nitrogen and oxygen atoms in total. The summed E-state index contributed by atoms with van der Waals surface area (Å²) in [5.74, 6) is 0.732. The van der Waals surface area contributed by atoms with Crippen molar-refractivity contribution in [2.24, 2.45) is 13.0 Å². The average Bonchev–Trinajstić information content (AvgIpc) is 2.77. The molecule has 2 rings (SSSR count). The number of aromatic nitrogens is 2. The first kappa shape index (κ1) is 14.5. The summed E-state index contributed by atoms with van der Waals surface area (Å²) in [6.45, 7) is 9.04. The highest BCUT2D eigenvalue weighted by Gasteiger charge is 2.22. The second-order valence-electron chi connectivity index (χ2n) is 6.19. The molecule has 1 aliphatic rings. The van der Waals surface area contributed by atoms with Gasteiger partial charge in [0, 0.05) is 37.9 Å². The fraction of sp³-hybridized carbons (Fsp3) is 0.800. The Kier molecular flexibility index (Phi) is 5.40. The maximum Gasteiger partial charge on any atom is 0.0534 e. The van der Waals surface area contributed by atoms with E-state index in [1.807, 2.05) is 17.9 Å². The summed E-state index contributed by atoms with van der Waals surface area (Å²) in [5, 5.41) is 7.88. The first-order valence-electron chi connectivity index (χ1n) is 7.57. The van der Waals surface area contributed by atoms with Crippen LogP contribution < -0.4 is 5.32 Å². The van der Waals surface area contributed by atoms with Crippen LogP contribution >= 0.6 is 0 Å². The molecule has 1 aliphatic heterocycles. The van der Waals surface area contributed by atoms with Gasteiger partial charge in [0.05, 0.1) is 6.20 Å². The normalized spacial score (nSPS) is 21.2. The van der Waals surface area contributed by atoms with Crippen LogP contribution in [0.15, 0.2) is 12.4 Å². The summed E-state index contributed by atoms with van der Waals surface area (Å²) in [5.41, 5.74) is 1.33. The third-order valence-electron chi connectivity index (χ3n) is 3.83. The minimum Gasteiger partial charge on any atom is -0.315 e. The Morgan fingerprint density at radius 1 is 1.42 bits per heavy atom. The lowest BCUT2D eigenvalue weighted by Gasteiger charge is -2.35. The number of nitrogens with one attached hydrogen (secondary N) is 1. The molecule has 0 radical (unpaired) electrons. The molecule has 4 heteroatoms. The summed E-state index contributed by atoms with van der Waals surface area (Å²) in [6, 6.07) is 0.688. The average molecular weight is 264 g/mol. The van der Waals surface area contributed by atoms with Crippen LogP contribution in [-0.4, -0.2) is 40.4 Å². The lowest BCUT2D eigenvalue weighted by Crippen LogP contribution is -2.45. The molecular weight excluding hydrogens is 236 g/mol. The highest BCUT2D eigenvalue weighted by atomic mass is 15.2. The number of hydrogen-bond donors (Lipinski definition) is 1. The number of nitrogens with zero attached hydrogens (tertiary/aromatic N) is 3. The maximum absolute atomic E-state index is 4.27. The monoisotopic (exact) mass is 264 g/mol. The molecule has 19 heavy (non-hydrogen) atoms. The summed E-state index contributed by atoms with van der Waals surface area (Å²) in [6.07, 6.45) is 8.16.